The Bertz CT molecular complexity index is 583. The Hall–Kier alpha value is -2.48. The summed E-state index contributed by atoms with van der Waals surface area (Å²) in [5.74, 6) is 1.30. The Labute approximate surface area is 105 Å². The standard InChI is InChI=1S/C13H14N4O/c1-18-12-6-3-2-5-10(12)11-9-13(15)17(16-11)8-4-7-14/h2-3,5-6,9H,4,8,15H2,1H3. The van der Waals surface area contributed by atoms with Gasteiger partial charge in [-0.05, 0) is 12.1 Å². The number of rotatable bonds is 4. The fraction of sp³-hybridized carbons (Fsp3) is 0.231. The number of anilines is 1. The first-order valence-corrected chi connectivity index (χ1v) is 5.60. The number of nitrogen functional groups attached to an aromatic ring is 1. The van der Waals surface area contributed by atoms with E-state index in [0.717, 1.165) is 17.0 Å². The third-order valence-electron chi connectivity index (χ3n) is 2.63. The van der Waals surface area contributed by atoms with Crippen LogP contribution in [0.15, 0.2) is 30.3 Å². The largest absolute Gasteiger partial charge is 0.496 e. The van der Waals surface area contributed by atoms with Crippen molar-refractivity contribution in [2.75, 3.05) is 12.8 Å². The minimum atomic E-state index is 0.386. The smallest absolute Gasteiger partial charge is 0.128 e. The molecule has 0 spiro atoms. The van der Waals surface area contributed by atoms with Crippen molar-refractivity contribution < 1.29 is 4.74 Å². The minimum Gasteiger partial charge on any atom is -0.496 e. The number of hydrogen-bond acceptors (Lipinski definition) is 4. The van der Waals surface area contributed by atoms with E-state index < -0.39 is 0 Å². The molecule has 5 heteroatoms. The molecule has 0 atom stereocenters. The summed E-state index contributed by atoms with van der Waals surface area (Å²) in [4.78, 5) is 0. The molecule has 0 aliphatic heterocycles. The molecule has 5 nitrogen and oxygen atoms in total. The summed E-state index contributed by atoms with van der Waals surface area (Å²) in [6.45, 7) is 0.498. The van der Waals surface area contributed by atoms with Gasteiger partial charge in [-0.25, -0.2) is 4.68 Å². The van der Waals surface area contributed by atoms with Gasteiger partial charge < -0.3 is 10.5 Å². The molecule has 0 amide bonds. The molecule has 92 valence electrons. The van der Waals surface area contributed by atoms with Crippen molar-refractivity contribution >= 4 is 5.82 Å². The van der Waals surface area contributed by atoms with Gasteiger partial charge in [-0.1, -0.05) is 12.1 Å². The van der Waals surface area contributed by atoms with E-state index in [1.165, 1.54) is 0 Å². The summed E-state index contributed by atoms with van der Waals surface area (Å²) in [6.07, 6.45) is 0.386. The second-order valence-corrected chi connectivity index (χ2v) is 3.79. The van der Waals surface area contributed by atoms with Gasteiger partial charge >= 0.3 is 0 Å². The lowest BCUT2D eigenvalue weighted by molar-refractivity contribution is 0.416. The average Bonchev–Trinajstić information content (AvgIpc) is 2.77. The maximum atomic E-state index is 8.57. The Morgan fingerprint density at radius 2 is 2.22 bits per heavy atom. The van der Waals surface area contributed by atoms with Crippen LogP contribution in [0.25, 0.3) is 11.3 Å². The number of ether oxygens (including phenoxy) is 1. The van der Waals surface area contributed by atoms with Gasteiger partial charge in [0.25, 0.3) is 0 Å². The molecule has 0 fully saturated rings. The first kappa shape index (κ1) is 12.0. The molecule has 2 N–H and O–H groups in total. The number of methoxy groups -OCH3 is 1. The molecule has 0 radical (unpaired) electrons. The van der Waals surface area contributed by atoms with Gasteiger partial charge in [-0.15, -0.1) is 0 Å². The minimum absolute atomic E-state index is 0.386. The molecule has 0 aliphatic rings. The van der Waals surface area contributed by atoms with Gasteiger partial charge in [0.05, 0.1) is 31.8 Å². The highest BCUT2D eigenvalue weighted by Crippen LogP contribution is 2.29. The molecule has 0 saturated heterocycles. The van der Waals surface area contributed by atoms with Crippen LogP contribution in [0.4, 0.5) is 5.82 Å². The number of aromatic nitrogens is 2. The SMILES string of the molecule is COc1ccccc1-c1cc(N)n(CCC#N)n1. The summed E-state index contributed by atoms with van der Waals surface area (Å²) < 4.78 is 6.92. The van der Waals surface area contributed by atoms with E-state index in [9.17, 15) is 0 Å². The first-order valence-electron chi connectivity index (χ1n) is 5.60. The van der Waals surface area contributed by atoms with Crippen LogP contribution in [0.3, 0.4) is 0 Å². The number of benzene rings is 1. The molecule has 2 aromatic rings. The van der Waals surface area contributed by atoms with E-state index in [1.807, 2.05) is 24.3 Å². The topological polar surface area (TPSA) is 76.9 Å². The molecular weight excluding hydrogens is 228 g/mol. The van der Waals surface area contributed by atoms with Crippen molar-refractivity contribution in [3.63, 3.8) is 0 Å². The highest BCUT2D eigenvalue weighted by atomic mass is 16.5. The van der Waals surface area contributed by atoms with Crippen molar-refractivity contribution in [2.24, 2.45) is 0 Å². The maximum Gasteiger partial charge on any atom is 0.128 e. The van der Waals surface area contributed by atoms with Crippen molar-refractivity contribution in [1.82, 2.24) is 9.78 Å². The predicted octanol–water partition coefficient (Wildman–Crippen LogP) is 2.05. The second kappa shape index (κ2) is 5.23. The van der Waals surface area contributed by atoms with E-state index in [-0.39, 0.29) is 0 Å². The fourth-order valence-electron chi connectivity index (χ4n) is 1.75. The Morgan fingerprint density at radius 3 is 2.94 bits per heavy atom. The first-order chi connectivity index (χ1) is 8.76. The summed E-state index contributed by atoms with van der Waals surface area (Å²) in [6, 6.07) is 11.5. The van der Waals surface area contributed by atoms with Crippen LogP contribution in [0.2, 0.25) is 0 Å². The molecule has 0 aliphatic carbocycles. The van der Waals surface area contributed by atoms with Crippen LogP contribution in [0.1, 0.15) is 6.42 Å². The molecule has 0 saturated carbocycles. The summed E-state index contributed by atoms with van der Waals surface area (Å²) in [7, 11) is 1.62. The summed E-state index contributed by atoms with van der Waals surface area (Å²) in [5.41, 5.74) is 7.51. The van der Waals surface area contributed by atoms with Crippen LogP contribution in [-0.2, 0) is 6.54 Å². The molecule has 0 unspecified atom stereocenters. The third kappa shape index (κ3) is 2.28. The Morgan fingerprint density at radius 1 is 1.44 bits per heavy atom. The predicted molar refractivity (Wildman–Crippen MR) is 68.9 cm³/mol. The van der Waals surface area contributed by atoms with E-state index in [4.69, 9.17) is 15.7 Å². The lowest BCUT2D eigenvalue weighted by Crippen LogP contribution is -2.03. The monoisotopic (exact) mass is 242 g/mol. The molecule has 2 rings (SSSR count). The van der Waals surface area contributed by atoms with Crippen molar-refractivity contribution in [3.05, 3.63) is 30.3 Å². The quantitative estimate of drug-likeness (QED) is 0.890. The zero-order valence-corrected chi connectivity index (χ0v) is 10.1. The Kier molecular flexibility index (Phi) is 3.49. The summed E-state index contributed by atoms with van der Waals surface area (Å²) in [5, 5.41) is 13.0. The van der Waals surface area contributed by atoms with Crippen LogP contribution in [0.5, 0.6) is 5.75 Å². The highest BCUT2D eigenvalue weighted by molar-refractivity contribution is 5.69. The van der Waals surface area contributed by atoms with Crippen molar-refractivity contribution in [2.45, 2.75) is 13.0 Å². The zero-order chi connectivity index (χ0) is 13.0. The lowest BCUT2D eigenvalue weighted by Gasteiger charge is -2.04. The number of nitriles is 1. The number of nitrogens with zero attached hydrogens (tertiary/aromatic N) is 3. The van der Waals surface area contributed by atoms with Gasteiger partial charge in [0.2, 0.25) is 0 Å². The average molecular weight is 242 g/mol. The number of aryl methyl sites for hydroxylation is 1. The highest BCUT2D eigenvalue weighted by Gasteiger charge is 2.10. The summed E-state index contributed by atoms with van der Waals surface area (Å²) >= 11 is 0. The van der Waals surface area contributed by atoms with Gasteiger partial charge in [0.1, 0.15) is 11.6 Å². The molecule has 1 heterocycles. The molecule has 0 bridgehead atoms. The lowest BCUT2D eigenvalue weighted by atomic mass is 10.1. The molecule has 18 heavy (non-hydrogen) atoms. The van der Waals surface area contributed by atoms with Crippen LogP contribution >= 0.6 is 0 Å². The number of para-hydroxylation sites is 1. The van der Waals surface area contributed by atoms with E-state index in [1.54, 1.807) is 17.9 Å². The van der Waals surface area contributed by atoms with Crippen LogP contribution < -0.4 is 10.5 Å². The number of hydrogen-bond donors (Lipinski definition) is 1. The van der Waals surface area contributed by atoms with Gasteiger partial charge in [0, 0.05) is 11.6 Å². The third-order valence-corrected chi connectivity index (χ3v) is 2.63. The van der Waals surface area contributed by atoms with Crippen LogP contribution in [-0.4, -0.2) is 16.9 Å². The van der Waals surface area contributed by atoms with E-state index >= 15 is 0 Å². The number of nitrogens with two attached hydrogens (primary N) is 1. The van der Waals surface area contributed by atoms with E-state index in [0.29, 0.717) is 18.8 Å². The van der Waals surface area contributed by atoms with Crippen molar-refractivity contribution in [3.8, 4) is 23.1 Å². The molecule has 1 aromatic heterocycles. The van der Waals surface area contributed by atoms with Crippen LogP contribution in [0, 0.1) is 11.3 Å². The van der Waals surface area contributed by atoms with Gasteiger partial charge in [-0.3, -0.25) is 0 Å². The maximum absolute atomic E-state index is 8.57. The van der Waals surface area contributed by atoms with Gasteiger partial charge in [-0.2, -0.15) is 10.4 Å². The Balaban J connectivity index is 2.37. The molecular formula is C13H14N4O. The zero-order valence-electron chi connectivity index (χ0n) is 10.1. The second-order valence-electron chi connectivity index (χ2n) is 3.79. The normalized spacial score (nSPS) is 10.0. The van der Waals surface area contributed by atoms with Gasteiger partial charge in [0.15, 0.2) is 0 Å². The molecule has 1 aromatic carbocycles. The fourth-order valence-corrected chi connectivity index (χ4v) is 1.75. The van der Waals surface area contributed by atoms with Crippen molar-refractivity contribution in [1.29, 1.82) is 5.26 Å². The van der Waals surface area contributed by atoms with E-state index in [2.05, 4.69) is 11.2 Å².